The fraction of sp³-hybridized carbons (Fsp3) is 0.462. The maximum absolute atomic E-state index is 12.8. The van der Waals surface area contributed by atoms with E-state index >= 15 is 0 Å². The second-order valence-electron chi connectivity index (χ2n) is 4.86. The number of nitrogens with two attached hydrogens (primary N) is 1. The molecule has 1 unspecified atom stereocenters. The fourth-order valence-corrected chi connectivity index (χ4v) is 2.67. The maximum Gasteiger partial charge on any atom is 0.393 e. The van der Waals surface area contributed by atoms with Crippen LogP contribution in [0.15, 0.2) is 22.7 Å². The van der Waals surface area contributed by atoms with Crippen LogP contribution in [0.5, 0.6) is 0 Å². The highest BCUT2D eigenvalue weighted by Crippen LogP contribution is 2.34. The van der Waals surface area contributed by atoms with Crippen molar-refractivity contribution in [1.82, 2.24) is 4.90 Å². The van der Waals surface area contributed by atoms with Crippen LogP contribution in [0.1, 0.15) is 23.2 Å². The number of nitrogen functional groups attached to an aromatic ring is 1. The summed E-state index contributed by atoms with van der Waals surface area (Å²) in [6.07, 6.45) is -3.84. The third-order valence-electron chi connectivity index (χ3n) is 3.42. The number of piperidine rings is 1. The van der Waals surface area contributed by atoms with E-state index in [1.54, 1.807) is 12.1 Å². The Morgan fingerprint density at radius 1 is 1.40 bits per heavy atom. The zero-order valence-electron chi connectivity index (χ0n) is 10.6. The number of anilines is 1. The molecule has 0 radical (unpaired) electrons. The van der Waals surface area contributed by atoms with Crippen molar-refractivity contribution in [2.45, 2.75) is 19.0 Å². The second-order valence-corrected chi connectivity index (χ2v) is 5.78. The van der Waals surface area contributed by atoms with E-state index in [2.05, 4.69) is 15.9 Å². The Hall–Kier alpha value is -1.24. The number of carbonyl (C=O) groups is 1. The molecule has 1 heterocycles. The number of hydrogen-bond acceptors (Lipinski definition) is 2. The van der Waals surface area contributed by atoms with Crippen molar-refractivity contribution in [3.63, 3.8) is 0 Å². The van der Waals surface area contributed by atoms with Crippen LogP contribution < -0.4 is 5.73 Å². The average molecular weight is 351 g/mol. The Bertz CT molecular complexity index is 519. The molecule has 1 aliphatic heterocycles. The largest absolute Gasteiger partial charge is 0.398 e. The first-order valence-corrected chi connectivity index (χ1v) is 6.99. The molecule has 1 saturated heterocycles. The van der Waals surface area contributed by atoms with Gasteiger partial charge in [0, 0.05) is 23.2 Å². The van der Waals surface area contributed by atoms with E-state index in [1.807, 2.05) is 0 Å². The predicted molar refractivity (Wildman–Crippen MR) is 73.2 cm³/mol. The molecule has 3 nitrogen and oxygen atoms in total. The minimum absolute atomic E-state index is 0.0707. The van der Waals surface area contributed by atoms with Crippen LogP contribution in [-0.4, -0.2) is 30.1 Å². The van der Waals surface area contributed by atoms with Crippen LogP contribution in [-0.2, 0) is 0 Å². The number of benzene rings is 1. The number of hydrogen-bond donors (Lipinski definition) is 1. The van der Waals surface area contributed by atoms with Gasteiger partial charge in [-0.1, -0.05) is 15.9 Å². The Morgan fingerprint density at radius 2 is 2.10 bits per heavy atom. The molecule has 2 N–H and O–H groups in total. The lowest BCUT2D eigenvalue weighted by atomic mass is 9.96. The van der Waals surface area contributed by atoms with Crippen molar-refractivity contribution in [3.05, 3.63) is 28.2 Å². The molecule has 0 aliphatic carbocycles. The molecule has 1 aromatic carbocycles. The van der Waals surface area contributed by atoms with Crippen molar-refractivity contribution in [2.75, 3.05) is 18.8 Å². The first-order valence-electron chi connectivity index (χ1n) is 6.20. The van der Waals surface area contributed by atoms with Gasteiger partial charge in [-0.3, -0.25) is 4.79 Å². The monoisotopic (exact) mass is 350 g/mol. The summed E-state index contributed by atoms with van der Waals surface area (Å²) in [4.78, 5) is 13.5. The molecule has 1 fully saturated rings. The molecule has 0 saturated carbocycles. The van der Waals surface area contributed by atoms with Gasteiger partial charge in [0.25, 0.3) is 5.91 Å². The van der Waals surface area contributed by atoms with Gasteiger partial charge >= 0.3 is 6.18 Å². The summed E-state index contributed by atoms with van der Waals surface area (Å²) in [5.74, 6) is -1.90. The Kier molecular flexibility index (Phi) is 4.27. The van der Waals surface area contributed by atoms with E-state index in [9.17, 15) is 18.0 Å². The van der Waals surface area contributed by atoms with Gasteiger partial charge in [0.15, 0.2) is 0 Å². The number of amides is 1. The molecule has 7 heteroatoms. The van der Waals surface area contributed by atoms with Gasteiger partial charge < -0.3 is 10.6 Å². The summed E-state index contributed by atoms with van der Waals surface area (Å²) in [5, 5.41) is 0. The molecular weight excluding hydrogens is 337 g/mol. The molecule has 0 spiro atoms. The number of rotatable bonds is 1. The van der Waals surface area contributed by atoms with Crippen molar-refractivity contribution in [3.8, 4) is 0 Å². The van der Waals surface area contributed by atoms with E-state index in [-0.39, 0.29) is 24.2 Å². The third kappa shape index (κ3) is 3.26. The highest BCUT2D eigenvalue weighted by molar-refractivity contribution is 9.10. The topological polar surface area (TPSA) is 46.3 Å². The molecule has 1 aliphatic rings. The Morgan fingerprint density at radius 3 is 2.75 bits per heavy atom. The molecule has 20 heavy (non-hydrogen) atoms. The van der Waals surface area contributed by atoms with Gasteiger partial charge in [-0.15, -0.1) is 0 Å². The zero-order chi connectivity index (χ0) is 14.9. The molecular formula is C13H14BrF3N2O. The van der Waals surface area contributed by atoms with Crippen molar-refractivity contribution in [1.29, 1.82) is 0 Å². The maximum atomic E-state index is 12.8. The van der Waals surface area contributed by atoms with Gasteiger partial charge in [-0.2, -0.15) is 13.2 Å². The van der Waals surface area contributed by atoms with E-state index in [0.29, 0.717) is 17.4 Å². The first kappa shape index (κ1) is 15.2. The van der Waals surface area contributed by atoms with Crippen LogP contribution in [0, 0.1) is 5.92 Å². The highest BCUT2D eigenvalue weighted by Gasteiger charge is 2.42. The SMILES string of the molecule is Nc1ccc(Br)cc1C(=O)N1CCCC(C(F)(F)F)C1. The lowest BCUT2D eigenvalue weighted by Crippen LogP contribution is -2.44. The molecule has 1 aromatic rings. The van der Waals surface area contributed by atoms with Crippen molar-refractivity contribution >= 4 is 27.5 Å². The zero-order valence-corrected chi connectivity index (χ0v) is 12.2. The van der Waals surface area contributed by atoms with E-state index in [0.717, 1.165) is 0 Å². The van der Waals surface area contributed by atoms with Crippen LogP contribution in [0.2, 0.25) is 0 Å². The lowest BCUT2D eigenvalue weighted by Gasteiger charge is -2.34. The molecule has 2 rings (SSSR count). The highest BCUT2D eigenvalue weighted by atomic mass is 79.9. The van der Waals surface area contributed by atoms with Gasteiger partial charge in [0.2, 0.25) is 0 Å². The van der Waals surface area contributed by atoms with Crippen molar-refractivity contribution in [2.24, 2.45) is 5.92 Å². The van der Waals surface area contributed by atoms with Crippen LogP contribution in [0.3, 0.4) is 0 Å². The number of carbonyl (C=O) groups excluding carboxylic acids is 1. The standard InChI is InChI=1S/C13H14BrF3N2O/c14-9-3-4-11(18)10(6-9)12(20)19-5-1-2-8(7-19)13(15,16)17/h3-4,6,8H,1-2,5,7,18H2. The van der Waals surface area contributed by atoms with Crippen LogP contribution >= 0.6 is 15.9 Å². The Balaban J connectivity index is 2.18. The summed E-state index contributed by atoms with van der Waals surface area (Å²) in [6, 6.07) is 4.78. The van der Waals surface area contributed by atoms with Gasteiger partial charge in [0.05, 0.1) is 11.5 Å². The number of likely N-dealkylation sites (tertiary alicyclic amines) is 1. The number of halogens is 4. The quantitative estimate of drug-likeness (QED) is 0.788. The minimum atomic E-state index is -4.26. The lowest BCUT2D eigenvalue weighted by molar-refractivity contribution is -0.184. The summed E-state index contributed by atoms with van der Waals surface area (Å²) >= 11 is 3.23. The normalized spacial score (nSPS) is 20.0. The summed E-state index contributed by atoms with van der Waals surface area (Å²) in [5.41, 5.74) is 6.24. The minimum Gasteiger partial charge on any atom is -0.398 e. The summed E-state index contributed by atoms with van der Waals surface area (Å²) in [6.45, 7) is 0.0334. The van der Waals surface area contributed by atoms with Crippen molar-refractivity contribution < 1.29 is 18.0 Å². The van der Waals surface area contributed by atoms with E-state index in [1.165, 1.54) is 11.0 Å². The van der Waals surface area contributed by atoms with E-state index < -0.39 is 18.0 Å². The van der Waals surface area contributed by atoms with Crippen LogP contribution in [0.4, 0.5) is 18.9 Å². The van der Waals surface area contributed by atoms with E-state index in [4.69, 9.17) is 5.73 Å². The van der Waals surface area contributed by atoms with Gasteiger partial charge in [0.1, 0.15) is 0 Å². The third-order valence-corrected chi connectivity index (χ3v) is 3.91. The first-order chi connectivity index (χ1) is 9.29. The molecule has 1 atom stereocenters. The van der Waals surface area contributed by atoms with Crippen LogP contribution in [0.25, 0.3) is 0 Å². The molecule has 110 valence electrons. The predicted octanol–water partition coefficient (Wildman–Crippen LogP) is 3.45. The number of alkyl halides is 3. The Labute approximate surface area is 123 Å². The smallest absolute Gasteiger partial charge is 0.393 e. The molecule has 0 aromatic heterocycles. The van der Waals surface area contributed by atoms with Gasteiger partial charge in [-0.25, -0.2) is 0 Å². The number of nitrogens with zero attached hydrogens (tertiary/aromatic N) is 1. The van der Waals surface area contributed by atoms with Gasteiger partial charge in [-0.05, 0) is 31.0 Å². The fourth-order valence-electron chi connectivity index (χ4n) is 2.31. The second kappa shape index (κ2) is 5.63. The summed E-state index contributed by atoms with van der Waals surface area (Å²) in [7, 11) is 0. The average Bonchev–Trinajstić information content (AvgIpc) is 2.40. The molecule has 1 amide bonds. The molecule has 0 bridgehead atoms. The summed E-state index contributed by atoms with van der Waals surface area (Å²) < 4.78 is 38.9.